The van der Waals surface area contributed by atoms with Crippen molar-refractivity contribution in [2.24, 2.45) is 0 Å². The zero-order valence-electron chi connectivity index (χ0n) is 14.8. The summed E-state index contributed by atoms with van der Waals surface area (Å²) in [5, 5.41) is 13.2. The van der Waals surface area contributed by atoms with Gasteiger partial charge in [0.05, 0.1) is 6.04 Å². The molecule has 0 bridgehead atoms. The Morgan fingerprint density at radius 1 is 1.27 bits per heavy atom. The maximum absolute atomic E-state index is 12.0. The standard InChI is InChI=1S/C21H22N2O2S/c1-14-12-22-10-9-15(14)20(23-11-5-4-7-18(23)21(24)25)17-13-26-19-8-3-2-6-16(17)19/h2-3,6,8-10,12-13,18,20H,4-5,7,11H2,1H3,(H,24,25). The number of aryl methyl sites for hydroxylation is 1. The fourth-order valence-corrected chi connectivity index (χ4v) is 5.03. The molecule has 4 nitrogen and oxygen atoms in total. The van der Waals surface area contributed by atoms with E-state index in [-0.39, 0.29) is 6.04 Å². The van der Waals surface area contributed by atoms with Crippen LogP contribution in [0.2, 0.25) is 0 Å². The predicted molar refractivity (Wildman–Crippen MR) is 105 cm³/mol. The lowest BCUT2D eigenvalue weighted by molar-refractivity contribution is -0.145. The molecule has 1 fully saturated rings. The number of aliphatic carboxylic acids is 1. The molecule has 2 unspecified atom stereocenters. The quantitative estimate of drug-likeness (QED) is 0.731. The second-order valence-corrected chi connectivity index (χ2v) is 7.82. The van der Waals surface area contributed by atoms with E-state index in [4.69, 9.17) is 0 Å². The first-order valence-corrected chi connectivity index (χ1v) is 9.90. The van der Waals surface area contributed by atoms with Crippen LogP contribution in [0.15, 0.2) is 48.1 Å². The van der Waals surface area contributed by atoms with E-state index >= 15 is 0 Å². The SMILES string of the molecule is Cc1cnccc1C(c1csc2ccccc12)N1CCCCC1C(=O)O. The summed E-state index contributed by atoms with van der Waals surface area (Å²) in [6.07, 6.45) is 6.39. The Morgan fingerprint density at radius 2 is 2.12 bits per heavy atom. The van der Waals surface area contributed by atoms with E-state index in [9.17, 15) is 9.90 Å². The summed E-state index contributed by atoms with van der Waals surface area (Å²) < 4.78 is 1.24. The van der Waals surface area contributed by atoms with E-state index < -0.39 is 12.0 Å². The lowest BCUT2D eigenvalue weighted by atomic mass is 9.90. The third-order valence-corrected chi connectivity index (χ3v) is 6.31. The predicted octanol–water partition coefficient (Wildman–Crippen LogP) is 4.63. The number of hydrogen-bond donors (Lipinski definition) is 1. The zero-order valence-corrected chi connectivity index (χ0v) is 15.6. The highest BCUT2D eigenvalue weighted by Gasteiger charge is 2.36. The minimum absolute atomic E-state index is 0.0597. The second-order valence-electron chi connectivity index (χ2n) is 6.91. The average Bonchev–Trinajstić information content (AvgIpc) is 3.08. The number of thiophene rings is 1. The summed E-state index contributed by atoms with van der Waals surface area (Å²) in [6, 6.07) is 9.92. The van der Waals surface area contributed by atoms with E-state index in [1.807, 2.05) is 18.5 Å². The maximum atomic E-state index is 12.0. The first-order valence-electron chi connectivity index (χ1n) is 9.02. The third kappa shape index (κ3) is 3.02. The molecule has 1 aliphatic rings. The van der Waals surface area contributed by atoms with Gasteiger partial charge in [-0.1, -0.05) is 24.6 Å². The van der Waals surface area contributed by atoms with Crippen molar-refractivity contribution >= 4 is 27.4 Å². The average molecular weight is 366 g/mol. The number of likely N-dealkylation sites (tertiary alicyclic amines) is 1. The fraction of sp³-hybridized carbons (Fsp3) is 0.333. The zero-order chi connectivity index (χ0) is 18.1. The highest BCUT2D eigenvalue weighted by molar-refractivity contribution is 7.17. The van der Waals surface area contributed by atoms with E-state index in [1.54, 1.807) is 11.3 Å². The van der Waals surface area contributed by atoms with Crippen LogP contribution in [0.4, 0.5) is 0 Å². The molecule has 1 aliphatic heterocycles. The molecule has 0 aliphatic carbocycles. The number of piperidine rings is 1. The molecular weight excluding hydrogens is 344 g/mol. The fourth-order valence-electron chi connectivity index (χ4n) is 4.05. The largest absolute Gasteiger partial charge is 0.480 e. The minimum atomic E-state index is -0.721. The molecule has 0 saturated carbocycles. The van der Waals surface area contributed by atoms with E-state index in [1.165, 1.54) is 15.6 Å². The van der Waals surface area contributed by atoms with Crippen molar-refractivity contribution in [2.45, 2.75) is 38.3 Å². The lowest BCUT2D eigenvalue weighted by Crippen LogP contribution is -2.47. The first kappa shape index (κ1) is 17.2. The first-order chi connectivity index (χ1) is 12.7. The van der Waals surface area contributed by atoms with Gasteiger partial charge in [-0.2, -0.15) is 0 Å². The van der Waals surface area contributed by atoms with Crippen LogP contribution in [0.1, 0.15) is 42.0 Å². The van der Waals surface area contributed by atoms with Gasteiger partial charge in [-0.15, -0.1) is 11.3 Å². The molecule has 1 N–H and O–H groups in total. The Hall–Kier alpha value is -2.24. The molecule has 1 aromatic carbocycles. The Bertz CT molecular complexity index is 936. The van der Waals surface area contributed by atoms with Gasteiger partial charge in [0.1, 0.15) is 6.04 Å². The van der Waals surface area contributed by atoms with Crippen molar-refractivity contribution in [3.05, 3.63) is 64.8 Å². The van der Waals surface area contributed by atoms with Gasteiger partial charge >= 0.3 is 5.97 Å². The number of carbonyl (C=O) groups is 1. The van der Waals surface area contributed by atoms with Crippen molar-refractivity contribution in [1.82, 2.24) is 9.88 Å². The van der Waals surface area contributed by atoms with E-state index in [0.29, 0.717) is 6.42 Å². The number of aromatic nitrogens is 1. The third-order valence-electron chi connectivity index (χ3n) is 5.32. The summed E-state index contributed by atoms with van der Waals surface area (Å²) in [5.41, 5.74) is 3.45. The van der Waals surface area contributed by atoms with Gasteiger partial charge in [0.15, 0.2) is 0 Å². The van der Waals surface area contributed by atoms with Crippen molar-refractivity contribution in [2.75, 3.05) is 6.54 Å². The molecule has 5 heteroatoms. The highest BCUT2D eigenvalue weighted by atomic mass is 32.1. The monoisotopic (exact) mass is 366 g/mol. The number of hydrogen-bond acceptors (Lipinski definition) is 4. The van der Waals surface area contributed by atoms with Gasteiger partial charge in [-0.3, -0.25) is 14.7 Å². The Kier molecular flexibility index (Phi) is 4.74. The Balaban J connectivity index is 1.90. The summed E-state index contributed by atoms with van der Waals surface area (Å²) in [6.45, 7) is 2.86. The van der Waals surface area contributed by atoms with Gasteiger partial charge in [0.25, 0.3) is 0 Å². The van der Waals surface area contributed by atoms with Gasteiger partial charge in [-0.05, 0) is 65.9 Å². The molecule has 2 atom stereocenters. The highest BCUT2D eigenvalue weighted by Crippen LogP contribution is 2.40. The topological polar surface area (TPSA) is 53.4 Å². The summed E-state index contributed by atoms with van der Waals surface area (Å²) in [7, 11) is 0. The van der Waals surface area contributed by atoms with E-state index in [0.717, 1.165) is 30.5 Å². The molecule has 3 heterocycles. The van der Waals surface area contributed by atoms with Crippen LogP contribution >= 0.6 is 11.3 Å². The van der Waals surface area contributed by atoms with Crippen LogP contribution in [0.25, 0.3) is 10.1 Å². The Labute approximate surface area is 157 Å². The summed E-state index contributed by atoms with van der Waals surface area (Å²) >= 11 is 1.73. The molecule has 3 aromatic rings. The molecule has 26 heavy (non-hydrogen) atoms. The van der Waals surface area contributed by atoms with Crippen LogP contribution in [0.3, 0.4) is 0 Å². The molecular formula is C21H22N2O2S. The number of benzene rings is 1. The van der Waals surface area contributed by atoms with E-state index in [2.05, 4.69) is 46.5 Å². The number of carboxylic acid groups (broad SMARTS) is 1. The van der Waals surface area contributed by atoms with Crippen molar-refractivity contribution in [3.8, 4) is 0 Å². The normalized spacial score (nSPS) is 19.5. The molecule has 1 saturated heterocycles. The number of fused-ring (bicyclic) bond motifs is 1. The van der Waals surface area contributed by atoms with Gasteiger partial charge in [-0.25, -0.2) is 0 Å². The smallest absolute Gasteiger partial charge is 0.320 e. The summed E-state index contributed by atoms with van der Waals surface area (Å²) in [5.74, 6) is -0.721. The number of carboxylic acids is 1. The van der Waals surface area contributed by atoms with Crippen LogP contribution in [0.5, 0.6) is 0 Å². The van der Waals surface area contributed by atoms with Crippen molar-refractivity contribution in [3.63, 3.8) is 0 Å². The maximum Gasteiger partial charge on any atom is 0.320 e. The van der Waals surface area contributed by atoms with Crippen molar-refractivity contribution in [1.29, 1.82) is 0 Å². The second kappa shape index (κ2) is 7.17. The lowest BCUT2D eigenvalue weighted by Gasteiger charge is -2.40. The minimum Gasteiger partial charge on any atom is -0.480 e. The molecule has 134 valence electrons. The molecule has 0 radical (unpaired) electrons. The van der Waals surface area contributed by atoms with Gasteiger partial charge in [0.2, 0.25) is 0 Å². The molecule has 2 aromatic heterocycles. The van der Waals surface area contributed by atoms with Gasteiger partial charge in [0, 0.05) is 17.1 Å². The molecule has 0 spiro atoms. The van der Waals surface area contributed by atoms with Crippen LogP contribution in [0, 0.1) is 6.92 Å². The number of pyridine rings is 1. The summed E-state index contributed by atoms with van der Waals surface area (Å²) in [4.78, 5) is 18.4. The van der Waals surface area contributed by atoms with Crippen LogP contribution in [-0.4, -0.2) is 33.5 Å². The Morgan fingerprint density at radius 3 is 2.92 bits per heavy atom. The number of rotatable bonds is 4. The van der Waals surface area contributed by atoms with Crippen molar-refractivity contribution < 1.29 is 9.90 Å². The van der Waals surface area contributed by atoms with Crippen LogP contribution in [-0.2, 0) is 4.79 Å². The molecule has 0 amide bonds. The molecule has 4 rings (SSSR count). The number of nitrogens with zero attached hydrogens (tertiary/aromatic N) is 2. The van der Waals surface area contributed by atoms with Crippen LogP contribution < -0.4 is 0 Å². The van der Waals surface area contributed by atoms with Gasteiger partial charge < -0.3 is 5.11 Å².